The first-order valence-corrected chi connectivity index (χ1v) is 8.12. The van der Waals surface area contributed by atoms with E-state index in [0.717, 1.165) is 22.7 Å². The maximum absolute atomic E-state index is 11.4. The van der Waals surface area contributed by atoms with Gasteiger partial charge in [0.2, 0.25) is 0 Å². The molecule has 1 aromatic rings. The van der Waals surface area contributed by atoms with Crippen molar-refractivity contribution >= 4 is 28.3 Å². The van der Waals surface area contributed by atoms with Crippen molar-refractivity contribution in [3.8, 4) is 0 Å². The number of hydrogen-bond donors (Lipinski definition) is 0. The highest BCUT2D eigenvalue weighted by atomic mass is 32.2. The lowest BCUT2D eigenvalue weighted by Gasteiger charge is -2.32. The van der Waals surface area contributed by atoms with Crippen molar-refractivity contribution in [2.45, 2.75) is 52.2 Å². The Morgan fingerprint density at radius 2 is 1.95 bits per heavy atom. The number of allylic oxidation sites excluding steroid dienone is 1. The van der Waals surface area contributed by atoms with Gasteiger partial charge in [-0.05, 0) is 46.2 Å². The summed E-state index contributed by atoms with van der Waals surface area (Å²) in [4.78, 5) is 16.2. The first-order valence-electron chi connectivity index (χ1n) is 7.30. The van der Waals surface area contributed by atoms with Gasteiger partial charge in [-0.15, -0.1) is 0 Å². The predicted molar refractivity (Wildman–Crippen MR) is 92.6 cm³/mol. The topological polar surface area (TPSA) is 29.4 Å². The average molecular weight is 301 g/mol. The summed E-state index contributed by atoms with van der Waals surface area (Å²) in [7, 11) is 0. The van der Waals surface area contributed by atoms with Crippen LogP contribution in [0.15, 0.2) is 40.4 Å². The molecule has 0 atom stereocenters. The third-order valence-corrected chi connectivity index (χ3v) is 5.30. The van der Waals surface area contributed by atoms with Crippen LogP contribution in [0.5, 0.6) is 0 Å². The Morgan fingerprint density at radius 3 is 2.57 bits per heavy atom. The Morgan fingerprint density at radius 1 is 1.29 bits per heavy atom. The number of para-hydroxylation sites is 1. The average Bonchev–Trinajstić information content (AvgIpc) is 2.37. The Bertz CT molecular complexity index is 626. The summed E-state index contributed by atoms with van der Waals surface area (Å²) in [5.74, 6) is 0.172. The largest absolute Gasteiger partial charge is 0.300 e. The molecule has 0 spiro atoms. The first-order chi connectivity index (χ1) is 9.79. The van der Waals surface area contributed by atoms with Gasteiger partial charge in [0.15, 0.2) is 0 Å². The number of hydrogen-bond acceptors (Lipinski definition) is 3. The molecular weight excluding hydrogens is 278 g/mol. The van der Waals surface area contributed by atoms with Gasteiger partial charge in [-0.2, -0.15) is 0 Å². The number of carbonyl (C=O) groups is 1. The van der Waals surface area contributed by atoms with Crippen LogP contribution in [0.1, 0.15) is 46.6 Å². The number of carbonyl (C=O) groups excluding carboxylic acids is 1. The summed E-state index contributed by atoms with van der Waals surface area (Å²) in [6.07, 6.45) is 1.36. The van der Waals surface area contributed by atoms with Crippen molar-refractivity contribution in [1.82, 2.24) is 0 Å². The third-order valence-electron chi connectivity index (χ3n) is 4.01. The van der Waals surface area contributed by atoms with Crippen molar-refractivity contribution in [1.29, 1.82) is 0 Å². The lowest BCUT2D eigenvalue weighted by atomic mass is 9.96. The molecule has 1 aliphatic rings. The van der Waals surface area contributed by atoms with Crippen molar-refractivity contribution in [3.63, 3.8) is 0 Å². The standard InChI is InChI=1S/C18H23NOS/c1-12-10-17(21-18(4,5)14(12)3)19-16-9-7-6-8-15(16)11-13(2)20/h6-9H,10-11H2,1-5H3. The Balaban J connectivity index is 2.36. The molecule has 3 heteroatoms. The van der Waals surface area contributed by atoms with Gasteiger partial charge >= 0.3 is 0 Å². The molecule has 0 aromatic heterocycles. The van der Waals surface area contributed by atoms with Gasteiger partial charge in [0, 0.05) is 17.6 Å². The molecule has 0 unspecified atom stereocenters. The zero-order valence-electron chi connectivity index (χ0n) is 13.5. The minimum Gasteiger partial charge on any atom is -0.300 e. The van der Waals surface area contributed by atoms with E-state index in [1.165, 1.54) is 11.1 Å². The second-order valence-electron chi connectivity index (χ2n) is 6.21. The van der Waals surface area contributed by atoms with Crippen molar-refractivity contribution < 1.29 is 4.79 Å². The second-order valence-corrected chi connectivity index (χ2v) is 7.90. The highest BCUT2D eigenvalue weighted by molar-refractivity contribution is 8.15. The number of thioether (sulfide) groups is 1. The molecule has 0 saturated carbocycles. The van der Waals surface area contributed by atoms with Gasteiger partial charge in [0.05, 0.1) is 10.7 Å². The SMILES string of the molecule is CC(=O)Cc1ccccc1N=C1CC(C)=C(C)C(C)(C)S1. The zero-order valence-corrected chi connectivity index (χ0v) is 14.3. The smallest absolute Gasteiger partial charge is 0.134 e. The van der Waals surface area contributed by atoms with E-state index in [0.29, 0.717) is 6.42 Å². The van der Waals surface area contributed by atoms with E-state index in [9.17, 15) is 4.79 Å². The molecule has 0 amide bonds. The Kier molecular flexibility index (Phi) is 4.72. The highest BCUT2D eigenvalue weighted by Crippen LogP contribution is 2.42. The lowest BCUT2D eigenvalue weighted by molar-refractivity contribution is -0.116. The van der Waals surface area contributed by atoms with Crippen molar-refractivity contribution in [3.05, 3.63) is 41.0 Å². The molecule has 0 aliphatic carbocycles. The molecule has 21 heavy (non-hydrogen) atoms. The monoisotopic (exact) mass is 301 g/mol. The molecular formula is C18H23NOS. The van der Waals surface area contributed by atoms with Crippen LogP contribution in [0.25, 0.3) is 0 Å². The number of benzene rings is 1. The van der Waals surface area contributed by atoms with Crippen molar-refractivity contribution in [2.24, 2.45) is 4.99 Å². The minimum atomic E-state index is 0.0939. The maximum Gasteiger partial charge on any atom is 0.134 e. The van der Waals surface area contributed by atoms with E-state index in [-0.39, 0.29) is 10.5 Å². The van der Waals surface area contributed by atoms with Gasteiger partial charge in [-0.1, -0.05) is 41.1 Å². The molecule has 0 radical (unpaired) electrons. The fourth-order valence-corrected chi connectivity index (χ4v) is 3.86. The van der Waals surface area contributed by atoms with E-state index in [4.69, 9.17) is 4.99 Å². The van der Waals surface area contributed by atoms with E-state index in [1.54, 1.807) is 6.92 Å². The van der Waals surface area contributed by atoms with Crippen LogP contribution >= 0.6 is 11.8 Å². The van der Waals surface area contributed by atoms with Crippen LogP contribution in [0.2, 0.25) is 0 Å². The minimum absolute atomic E-state index is 0.0939. The molecule has 1 heterocycles. The molecule has 0 N–H and O–H groups in total. The van der Waals surface area contributed by atoms with Gasteiger partial charge in [0.1, 0.15) is 5.78 Å². The number of rotatable bonds is 3. The van der Waals surface area contributed by atoms with Crippen molar-refractivity contribution in [2.75, 3.05) is 0 Å². The summed E-state index contributed by atoms with van der Waals surface area (Å²) in [6.45, 7) is 10.5. The van der Waals surface area contributed by atoms with E-state index < -0.39 is 0 Å². The van der Waals surface area contributed by atoms with Crippen LogP contribution in [0.3, 0.4) is 0 Å². The van der Waals surface area contributed by atoms with E-state index >= 15 is 0 Å². The fourth-order valence-electron chi connectivity index (χ4n) is 2.51. The zero-order chi connectivity index (χ0) is 15.6. The molecule has 2 nitrogen and oxygen atoms in total. The highest BCUT2D eigenvalue weighted by Gasteiger charge is 2.29. The Labute approximate surface area is 131 Å². The van der Waals surface area contributed by atoms with Crippen LogP contribution in [-0.4, -0.2) is 15.6 Å². The maximum atomic E-state index is 11.4. The number of Topliss-reactive ketones (excluding diaryl/α,β-unsaturated/α-hetero) is 1. The van der Waals surface area contributed by atoms with E-state index in [2.05, 4.69) is 27.7 Å². The summed E-state index contributed by atoms with van der Waals surface area (Å²) in [5.41, 5.74) is 4.79. The van der Waals surface area contributed by atoms with Crippen LogP contribution in [0.4, 0.5) is 5.69 Å². The quantitative estimate of drug-likeness (QED) is 0.727. The third kappa shape index (κ3) is 3.85. The van der Waals surface area contributed by atoms with Gasteiger partial charge < -0.3 is 0 Å². The fraction of sp³-hybridized carbons (Fsp3) is 0.444. The van der Waals surface area contributed by atoms with E-state index in [1.807, 2.05) is 36.0 Å². The normalized spacial score (nSPS) is 20.0. The van der Waals surface area contributed by atoms with Gasteiger partial charge in [-0.3, -0.25) is 4.79 Å². The van der Waals surface area contributed by atoms with Gasteiger partial charge in [-0.25, -0.2) is 4.99 Å². The second kappa shape index (κ2) is 6.18. The van der Waals surface area contributed by atoms with Crippen LogP contribution in [-0.2, 0) is 11.2 Å². The van der Waals surface area contributed by atoms with Crippen LogP contribution in [0, 0.1) is 0 Å². The number of ketones is 1. The first kappa shape index (κ1) is 16.0. The molecule has 1 aromatic carbocycles. The molecule has 112 valence electrons. The molecule has 1 aliphatic heterocycles. The lowest BCUT2D eigenvalue weighted by Crippen LogP contribution is -2.25. The molecule has 0 saturated heterocycles. The predicted octanol–water partition coefficient (Wildman–Crippen LogP) is 5.10. The van der Waals surface area contributed by atoms with Crippen LogP contribution < -0.4 is 0 Å². The Hall–Kier alpha value is -1.35. The summed E-state index contributed by atoms with van der Waals surface area (Å²) in [6, 6.07) is 7.94. The summed E-state index contributed by atoms with van der Waals surface area (Å²) in [5, 5.41) is 1.14. The summed E-state index contributed by atoms with van der Waals surface area (Å²) >= 11 is 1.83. The molecule has 0 fully saturated rings. The van der Waals surface area contributed by atoms with Gasteiger partial charge in [0.25, 0.3) is 0 Å². The molecule has 0 bridgehead atoms. The number of aliphatic imine (C=N–C) groups is 1. The number of nitrogens with zero attached hydrogens (tertiary/aromatic N) is 1. The summed E-state index contributed by atoms with van der Waals surface area (Å²) < 4.78 is 0.0939. The molecule has 2 rings (SSSR count).